The molecule has 0 atom stereocenters. The first kappa shape index (κ1) is 23.7. The lowest BCUT2D eigenvalue weighted by atomic mass is 10.0. The summed E-state index contributed by atoms with van der Waals surface area (Å²) in [4.78, 5) is 21.6. The minimum Gasteiger partial charge on any atom is -0.396 e. The summed E-state index contributed by atoms with van der Waals surface area (Å²) >= 11 is 0. The maximum absolute atomic E-state index is 12.9. The van der Waals surface area contributed by atoms with E-state index in [2.05, 4.69) is 15.3 Å². The molecule has 0 saturated heterocycles. The van der Waals surface area contributed by atoms with E-state index in [1.54, 1.807) is 6.08 Å². The molecule has 4 N–H and O–H groups in total. The molecule has 2 heterocycles. The molecule has 2 aromatic carbocycles. The van der Waals surface area contributed by atoms with Crippen LogP contribution >= 0.6 is 0 Å². The lowest BCUT2D eigenvalue weighted by Gasteiger charge is -2.10. The summed E-state index contributed by atoms with van der Waals surface area (Å²) in [7, 11) is 0. The van der Waals surface area contributed by atoms with Crippen molar-refractivity contribution in [2.45, 2.75) is 26.4 Å². The Bertz CT molecular complexity index is 1420. The van der Waals surface area contributed by atoms with Crippen LogP contribution in [-0.2, 0) is 17.9 Å². The third-order valence-corrected chi connectivity index (χ3v) is 5.73. The molecule has 0 aliphatic carbocycles. The number of aliphatic hydroxyl groups is 1. The van der Waals surface area contributed by atoms with Gasteiger partial charge in [0, 0.05) is 25.3 Å². The molecule has 4 rings (SSSR count). The van der Waals surface area contributed by atoms with Crippen LogP contribution in [0.2, 0.25) is 0 Å². The van der Waals surface area contributed by atoms with Gasteiger partial charge in [-0.15, -0.1) is 0 Å². The fourth-order valence-electron chi connectivity index (χ4n) is 3.99. The molecule has 0 spiro atoms. The number of amides is 1. The Morgan fingerprint density at radius 2 is 1.91 bits per heavy atom. The van der Waals surface area contributed by atoms with E-state index in [-0.39, 0.29) is 12.2 Å². The Balaban J connectivity index is 1.86. The van der Waals surface area contributed by atoms with Gasteiger partial charge < -0.3 is 20.7 Å². The number of aliphatic hydroxyl groups excluding tert-OH is 1. The average Bonchev–Trinajstić information content (AvgIpc) is 3.19. The molecular formula is C27H26N6O2. The molecule has 0 unspecified atom stereocenters. The second kappa shape index (κ2) is 10.6. The van der Waals surface area contributed by atoms with Crippen molar-refractivity contribution in [3.05, 3.63) is 83.3 Å². The summed E-state index contributed by atoms with van der Waals surface area (Å²) in [6.45, 7) is 2.70. The van der Waals surface area contributed by atoms with E-state index in [1.807, 2.05) is 72.2 Å². The predicted octanol–water partition coefficient (Wildman–Crippen LogP) is 3.59. The van der Waals surface area contributed by atoms with Gasteiger partial charge in [0.05, 0.1) is 11.1 Å². The number of benzene rings is 2. The van der Waals surface area contributed by atoms with Gasteiger partial charge in [-0.3, -0.25) is 4.79 Å². The van der Waals surface area contributed by atoms with Gasteiger partial charge in [0.1, 0.15) is 29.4 Å². The van der Waals surface area contributed by atoms with Crippen LogP contribution in [-0.4, -0.2) is 32.2 Å². The van der Waals surface area contributed by atoms with Gasteiger partial charge in [-0.25, -0.2) is 9.97 Å². The van der Waals surface area contributed by atoms with Crippen molar-refractivity contribution in [2.75, 3.05) is 12.3 Å². The summed E-state index contributed by atoms with van der Waals surface area (Å²) in [5, 5.41) is 22.8. The van der Waals surface area contributed by atoms with Gasteiger partial charge in [-0.2, -0.15) is 5.26 Å². The van der Waals surface area contributed by atoms with Crippen LogP contribution in [0.25, 0.3) is 28.2 Å². The van der Waals surface area contributed by atoms with Crippen LogP contribution in [0.3, 0.4) is 0 Å². The molecule has 4 aromatic rings. The number of hydrogen-bond donors (Lipinski definition) is 3. The number of nitrogens with one attached hydrogen (secondary N) is 1. The summed E-state index contributed by atoms with van der Waals surface area (Å²) in [6, 6.07) is 19.4. The highest BCUT2D eigenvalue weighted by Crippen LogP contribution is 2.38. The van der Waals surface area contributed by atoms with Crippen molar-refractivity contribution in [1.82, 2.24) is 19.9 Å². The molecule has 35 heavy (non-hydrogen) atoms. The molecular weight excluding hydrogens is 440 g/mol. The predicted molar refractivity (Wildman–Crippen MR) is 136 cm³/mol. The second-order valence-corrected chi connectivity index (χ2v) is 8.15. The fourth-order valence-corrected chi connectivity index (χ4v) is 3.99. The van der Waals surface area contributed by atoms with Crippen molar-refractivity contribution in [3.63, 3.8) is 0 Å². The number of nitrogens with zero attached hydrogens (tertiary/aromatic N) is 4. The number of nitrogens with two attached hydrogens (primary N) is 1. The van der Waals surface area contributed by atoms with E-state index >= 15 is 0 Å². The highest BCUT2D eigenvalue weighted by atomic mass is 16.3. The maximum atomic E-state index is 12.9. The number of hydrogen-bond acceptors (Lipinski definition) is 6. The highest BCUT2D eigenvalue weighted by molar-refractivity contribution is 6.08. The van der Waals surface area contributed by atoms with Crippen molar-refractivity contribution < 1.29 is 9.90 Å². The molecule has 1 amide bonds. The third kappa shape index (κ3) is 5.05. The average molecular weight is 467 g/mol. The normalized spacial score (nSPS) is 11.4. The molecule has 0 saturated carbocycles. The van der Waals surface area contributed by atoms with Crippen LogP contribution in [0.15, 0.2) is 66.5 Å². The molecule has 0 bridgehead atoms. The van der Waals surface area contributed by atoms with E-state index in [0.717, 1.165) is 22.3 Å². The minimum atomic E-state index is -0.482. The van der Waals surface area contributed by atoms with Crippen molar-refractivity contribution in [2.24, 2.45) is 0 Å². The van der Waals surface area contributed by atoms with Crippen molar-refractivity contribution >= 4 is 28.8 Å². The topological polar surface area (TPSA) is 130 Å². The molecule has 0 fully saturated rings. The molecule has 8 heteroatoms. The number of aromatic nitrogens is 3. The molecule has 0 aliphatic heterocycles. The van der Waals surface area contributed by atoms with Crippen LogP contribution < -0.4 is 11.1 Å². The first-order valence-electron chi connectivity index (χ1n) is 11.3. The summed E-state index contributed by atoms with van der Waals surface area (Å²) in [6.07, 6.45) is 3.41. The largest absolute Gasteiger partial charge is 0.396 e. The van der Waals surface area contributed by atoms with Crippen LogP contribution in [0, 0.1) is 18.3 Å². The molecule has 2 aromatic heterocycles. The van der Waals surface area contributed by atoms with E-state index in [4.69, 9.17) is 5.73 Å². The van der Waals surface area contributed by atoms with Gasteiger partial charge in [0.2, 0.25) is 0 Å². The number of anilines is 1. The second-order valence-electron chi connectivity index (χ2n) is 8.15. The van der Waals surface area contributed by atoms with Crippen molar-refractivity contribution in [1.29, 1.82) is 5.26 Å². The number of nitriles is 1. The summed E-state index contributed by atoms with van der Waals surface area (Å²) in [5.41, 5.74) is 11.0. The van der Waals surface area contributed by atoms with Gasteiger partial charge in [-0.05, 0) is 30.5 Å². The smallest absolute Gasteiger partial charge is 0.262 e. The van der Waals surface area contributed by atoms with E-state index in [1.165, 1.54) is 6.33 Å². The zero-order chi connectivity index (χ0) is 24.8. The Labute approximate surface area is 203 Å². The lowest BCUT2D eigenvalue weighted by molar-refractivity contribution is -0.117. The van der Waals surface area contributed by atoms with Gasteiger partial charge in [0.25, 0.3) is 5.91 Å². The minimum absolute atomic E-state index is 0.0219. The molecule has 8 nitrogen and oxygen atoms in total. The number of aryl methyl sites for hydroxylation is 2. The summed E-state index contributed by atoms with van der Waals surface area (Å²) in [5.74, 6) is -0.181. The lowest BCUT2D eigenvalue weighted by Crippen LogP contribution is -2.24. The molecule has 0 radical (unpaired) electrons. The number of rotatable bonds is 8. The van der Waals surface area contributed by atoms with Gasteiger partial charge >= 0.3 is 0 Å². The number of carbonyl (C=O) groups is 1. The van der Waals surface area contributed by atoms with Crippen LogP contribution in [0.4, 0.5) is 5.82 Å². The number of nitrogen functional groups attached to an aromatic ring is 1. The van der Waals surface area contributed by atoms with Gasteiger partial charge in [-0.1, -0.05) is 60.2 Å². The Hall–Kier alpha value is -4.48. The van der Waals surface area contributed by atoms with Crippen LogP contribution in [0.1, 0.15) is 23.2 Å². The van der Waals surface area contributed by atoms with E-state index < -0.39 is 5.91 Å². The Kier molecular flexibility index (Phi) is 7.19. The van der Waals surface area contributed by atoms with E-state index in [9.17, 15) is 15.2 Å². The SMILES string of the molecule is Cc1ccc(-c2c(C=C(C#N)C(=O)NCc3ccccc3)n(CCCO)c3ncnc(N)c23)cc1. The Morgan fingerprint density at radius 3 is 2.60 bits per heavy atom. The first-order valence-corrected chi connectivity index (χ1v) is 11.3. The summed E-state index contributed by atoms with van der Waals surface area (Å²) < 4.78 is 1.88. The fraction of sp³-hybridized carbons (Fsp3) is 0.185. The van der Waals surface area contributed by atoms with Crippen molar-refractivity contribution in [3.8, 4) is 17.2 Å². The highest BCUT2D eigenvalue weighted by Gasteiger charge is 2.22. The Morgan fingerprint density at radius 1 is 1.17 bits per heavy atom. The standard InChI is InChI=1S/C27H26N6O2/c1-18-8-10-20(11-9-18)23-22(33(12-5-13-34)26-24(23)25(29)31-17-32-26)14-21(15-28)27(35)30-16-19-6-3-2-4-7-19/h2-4,6-11,14,17,34H,5,12-13,16H2,1H3,(H,30,35)(H2,29,31,32). The van der Waals surface area contributed by atoms with Gasteiger partial charge in [0.15, 0.2) is 0 Å². The quantitative estimate of drug-likeness (QED) is 0.269. The monoisotopic (exact) mass is 466 g/mol. The molecule has 0 aliphatic rings. The first-order chi connectivity index (χ1) is 17.0. The third-order valence-electron chi connectivity index (χ3n) is 5.73. The zero-order valence-corrected chi connectivity index (χ0v) is 19.4. The molecule has 176 valence electrons. The number of carbonyl (C=O) groups excluding carboxylic acids is 1. The zero-order valence-electron chi connectivity index (χ0n) is 19.4. The maximum Gasteiger partial charge on any atom is 0.262 e. The number of fused-ring (bicyclic) bond motifs is 1. The van der Waals surface area contributed by atoms with Crippen LogP contribution in [0.5, 0.6) is 0 Å². The van der Waals surface area contributed by atoms with E-state index in [0.29, 0.717) is 42.1 Å².